The summed E-state index contributed by atoms with van der Waals surface area (Å²) in [4.78, 5) is 21.3. The fourth-order valence-corrected chi connectivity index (χ4v) is 0.812. The highest BCUT2D eigenvalue weighted by atomic mass is 19.4. The SMILES string of the molecule is COC(=O)C(CC(F)(F)F)NC(C)=O. The Balaban J connectivity index is 4.40. The van der Waals surface area contributed by atoms with Crippen molar-refractivity contribution in [3.63, 3.8) is 0 Å². The molecule has 0 bridgehead atoms. The van der Waals surface area contributed by atoms with Crippen LogP contribution in [-0.2, 0) is 14.3 Å². The summed E-state index contributed by atoms with van der Waals surface area (Å²) < 4.78 is 39.8. The summed E-state index contributed by atoms with van der Waals surface area (Å²) in [5, 5.41) is 1.85. The van der Waals surface area contributed by atoms with Gasteiger partial charge in [0, 0.05) is 6.92 Å². The molecule has 0 aliphatic heterocycles. The van der Waals surface area contributed by atoms with Gasteiger partial charge >= 0.3 is 12.1 Å². The van der Waals surface area contributed by atoms with Crippen molar-refractivity contribution in [2.45, 2.75) is 25.6 Å². The molecule has 0 aromatic carbocycles. The molecule has 1 amide bonds. The molecule has 82 valence electrons. The van der Waals surface area contributed by atoms with Crippen molar-refractivity contribution in [1.29, 1.82) is 0 Å². The second kappa shape index (κ2) is 4.83. The van der Waals surface area contributed by atoms with Crippen LogP contribution in [0.5, 0.6) is 0 Å². The van der Waals surface area contributed by atoms with E-state index in [2.05, 4.69) is 4.74 Å². The van der Waals surface area contributed by atoms with E-state index in [0.29, 0.717) is 0 Å². The molecular weight excluding hydrogens is 203 g/mol. The van der Waals surface area contributed by atoms with Crippen LogP contribution >= 0.6 is 0 Å². The third-order valence-corrected chi connectivity index (χ3v) is 1.30. The summed E-state index contributed by atoms with van der Waals surface area (Å²) >= 11 is 0. The molecule has 1 atom stereocenters. The van der Waals surface area contributed by atoms with Crippen LogP contribution in [0.3, 0.4) is 0 Å². The zero-order chi connectivity index (χ0) is 11.4. The summed E-state index contributed by atoms with van der Waals surface area (Å²) in [5.41, 5.74) is 0. The van der Waals surface area contributed by atoms with Gasteiger partial charge in [0.15, 0.2) is 0 Å². The fourth-order valence-electron chi connectivity index (χ4n) is 0.812. The number of rotatable bonds is 3. The van der Waals surface area contributed by atoms with Gasteiger partial charge in [-0.1, -0.05) is 0 Å². The monoisotopic (exact) mass is 213 g/mol. The van der Waals surface area contributed by atoms with E-state index in [9.17, 15) is 22.8 Å². The van der Waals surface area contributed by atoms with Gasteiger partial charge in [-0.05, 0) is 0 Å². The molecule has 14 heavy (non-hydrogen) atoms. The zero-order valence-corrected chi connectivity index (χ0v) is 7.64. The van der Waals surface area contributed by atoms with Gasteiger partial charge in [-0.15, -0.1) is 0 Å². The number of hydrogen-bond donors (Lipinski definition) is 1. The highest BCUT2D eigenvalue weighted by Crippen LogP contribution is 2.21. The Morgan fingerprint density at radius 3 is 2.21 bits per heavy atom. The normalized spacial score (nSPS) is 13.2. The number of methoxy groups -OCH3 is 1. The quantitative estimate of drug-likeness (QED) is 0.699. The molecular formula is C7H10F3NO3. The number of carbonyl (C=O) groups is 2. The Bertz CT molecular complexity index is 227. The molecule has 7 heteroatoms. The van der Waals surface area contributed by atoms with Crippen LogP contribution in [0.2, 0.25) is 0 Å². The van der Waals surface area contributed by atoms with E-state index in [1.54, 1.807) is 0 Å². The van der Waals surface area contributed by atoms with Crippen LogP contribution in [0.25, 0.3) is 0 Å². The van der Waals surface area contributed by atoms with Crippen molar-refractivity contribution in [2.24, 2.45) is 0 Å². The maximum absolute atomic E-state index is 11.9. The number of hydrogen-bond acceptors (Lipinski definition) is 3. The van der Waals surface area contributed by atoms with Gasteiger partial charge in [0.2, 0.25) is 5.91 Å². The van der Waals surface area contributed by atoms with Crippen LogP contribution < -0.4 is 5.32 Å². The molecule has 1 unspecified atom stereocenters. The van der Waals surface area contributed by atoms with Crippen molar-refractivity contribution < 1.29 is 27.5 Å². The van der Waals surface area contributed by atoms with E-state index in [1.807, 2.05) is 5.32 Å². The highest BCUT2D eigenvalue weighted by molar-refractivity contribution is 5.83. The minimum atomic E-state index is -4.53. The molecule has 0 saturated heterocycles. The minimum Gasteiger partial charge on any atom is -0.467 e. The van der Waals surface area contributed by atoms with E-state index in [4.69, 9.17) is 0 Å². The number of ether oxygens (including phenoxy) is 1. The van der Waals surface area contributed by atoms with Gasteiger partial charge in [-0.25, -0.2) is 4.79 Å². The molecule has 0 fully saturated rings. The van der Waals surface area contributed by atoms with Gasteiger partial charge in [-0.2, -0.15) is 13.2 Å². The van der Waals surface area contributed by atoms with E-state index < -0.39 is 30.5 Å². The molecule has 0 aliphatic rings. The maximum atomic E-state index is 11.9. The average molecular weight is 213 g/mol. The lowest BCUT2D eigenvalue weighted by Gasteiger charge is -2.16. The van der Waals surface area contributed by atoms with Crippen LogP contribution in [0.15, 0.2) is 0 Å². The third-order valence-electron chi connectivity index (χ3n) is 1.30. The van der Waals surface area contributed by atoms with Crippen LogP contribution in [0.4, 0.5) is 13.2 Å². The summed E-state index contributed by atoms with van der Waals surface area (Å²) in [6, 6.07) is -1.67. The largest absolute Gasteiger partial charge is 0.467 e. The summed E-state index contributed by atoms with van der Waals surface area (Å²) in [5.74, 6) is -1.83. The second-order valence-corrected chi connectivity index (χ2v) is 2.60. The predicted molar refractivity (Wildman–Crippen MR) is 40.3 cm³/mol. The van der Waals surface area contributed by atoms with Crippen molar-refractivity contribution >= 4 is 11.9 Å². The van der Waals surface area contributed by atoms with Crippen LogP contribution in [0.1, 0.15) is 13.3 Å². The Hall–Kier alpha value is -1.27. The molecule has 0 rings (SSSR count). The first kappa shape index (κ1) is 12.7. The predicted octanol–water partition coefficient (Wildman–Crippen LogP) is 0.616. The lowest BCUT2D eigenvalue weighted by molar-refractivity contribution is -0.161. The van der Waals surface area contributed by atoms with Crippen LogP contribution in [-0.4, -0.2) is 31.2 Å². The van der Waals surface area contributed by atoms with Gasteiger partial charge in [0.05, 0.1) is 13.5 Å². The number of esters is 1. The lowest BCUT2D eigenvalue weighted by Crippen LogP contribution is -2.43. The summed E-state index contributed by atoms with van der Waals surface area (Å²) in [6.45, 7) is 1.02. The van der Waals surface area contributed by atoms with Crippen molar-refractivity contribution in [3.8, 4) is 0 Å². The number of alkyl halides is 3. The Morgan fingerprint density at radius 1 is 1.43 bits per heavy atom. The highest BCUT2D eigenvalue weighted by Gasteiger charge is 2.36. The molecule has 0 aromatic heterocycles. The van der Waals surface area contributed by atoms with Gasteiger partial charge < -0.3 is 10.1 Å². The second-order valence-electron chi connectivity index (χ2n) is 2.60. The smallest absolute Gasteiger partial charge is 0.391 e. The lowest BCUT2D eigenvalue weighted by atomic mass is 10.2. The Morgan fingerprint density at radius 2 is 1.93 bits per heavy atom. The van der Waals surface area contributed by atoms with Gasteiger partial charge in [0.1, 0.15) is 6.04 Å². The fraction of sp³-hybridized carbons (Fsp3) is 0.714. The molecule has 0 spiro atoms. The molecule has 0 saturated carbocycles. The number of carbonyl (C=O) groups excluding carboxylic acids is 2. The average Bonchev–Trinajstić information content (AvgIpc) is 1.98. The molecule has 0 heterocycles. The first-order valence-corrected chi connectivity index (χ1v) is 3.68. The standard InChI is InChI=1S/C7H10F3NO3/c1-4(12)11-5(6(13)14-2)3-7(8,9)10/h5H,3H2,1-2H3,(H,11,12). The topological polar surface area (TPSA) is 55.4 Å². The number of halogens is 3. The van der Waals surface area contributed by atoms with E-state index in [0.717, 1.165) is 14.0 Å². The summed E-state index contributed by atoms with van der Waals surface area (Å²) in [6.07, 6.45) is -5.96. The number of amides is 1. The zero-order valence-electron chi connectivity index (χ0n) is 7.64. The van der Waals surface area contributed by atoms with Crippen molar-refractivity contribution in [2.75, 3.05) is 7.11 Å². The van der Waals surface area contributed by atoms with Crippen molar-refractivity contribution in [1.82, 2.24) is 5.32 Å². The molecule has 0 aromatic rings. The minimum absolute atomic E-state index is 0.718. The maximum Gasteiger partial charge on any atom is 0.391 e. The molecule has 1 N–H and O–H groups in total. The van der Waals surface area contributed by atoms with E-state index in [1.165, 1.54) is 0 Å². The third kappa shape index (κ3) is 5.39. The van der Waals surface area contributed by atoms with Crippen molar-refractivity contribution in [3.05, 3.63) is 0 Å². The molecule has 4 nitrogen and oxygen atoms in total. The summed E-state index contributed by atoms with van der Waals surface area (Å²) in [7, 11) is 0.952. The molecule has 0 radical (unpaired) electrons. The Kier molecular flexibility index (Phi) is 4.39. The van der Waals surface area contributed by atoms with Crippen LogP contribution in [0, 0.1) is 0 Å². The first-order chi connectivity index (χ1) is 6.26. The van der Waals surface area contributed by atoms with E-state index >= 15 is 0 Å². The van der Waals surface area contributed by atoms with Gasteiger partial charge in [-0.3, -0.25) is 4.79 Å². The van der Waals surface area contributed by atoms with E-state index in [-0.39, 0.29) is 0 Å². The van der Waals surface area contributed by atoms with Gasteiger partial charge in [0.25, 0.3) is 0 Å². The number of nitrogens with one attached hydrogen (secondary N) is 1. The Labute approximate surface area is 78.4 Å². The molecule has 0 aliphatic carbocycles. The first-order valence-electron chi connectivity index (χ1n) is 3.68.